The van der Waals surface area contributed by atoms with Crippen molar-refractivity contribution in [1.29, 1.82) is 0 Å². The average molecular weight is 435 g/mol. The number of hydrogen-bond acceptors (Lipinski definition) is 5. The lowest BCUT2D eigenvalue weighted by Gasteiger charge is -2.25. The zero-order valence-corrected chi connectivity index (χ0v) is 18.0. The van der Waals surface area contributed by atoms with Gasteiger partial charge in [0.1, 0.15) is 11.9 Å². The zero-order valence-electron chi connectivity index (χ0n) is 16.4. The number of hydrazone groups is 1. The Hall–Kier alpha value is -2.70. The molecular weight excluding hydrogens is 412 g/mol. The van der Waals surface area contributed by atoms with Gasteiger partial charge >= 0.3 is 0 Å². The van der Waals surface area contributed by atoms with Gasteiger partial charge in [0.15, 0.2) is 0 Å². The quantitative estimate of drug-likeness (QED) is 0.299. The molecule has 3 aromatic rings. The van der Waals surface area contributed by atoms with Crippen molar-refractivity contribution < 1.29 is 9.53 Å². The van der Waals surface area contributed by atoms with Crippen molar-refractivity contribution in [3.63, 3.8) is 0 Å². The highest BCUT2D eigenvalue weighted by molar-refractivity contribution is 8.00. The second-order valence-electron chi connectivity index (χ2n) is 6.84. The lowest BCUT2D eigenvalue weighted by atomic mass is 10.1. The first-order valence-corrected chi connectivity index (χ1v) is 11.8. The Balaban J connectivity index is 1.25. The summed E-state index contributed by atoms with van der Waals surface area (Å²) in [5, 5.41) is 4.06. The number of rotatable bonds is 8. The highest BCUT2D eigenvalue weighted by Gasteiger charge is 2.19. The second-order valence-corrected chi connectivity index (χ2v) is 8.97. The van der Waals surface area contributed by atoms with E-state index in [-0.39, 0.29) is 5.91 Å². The Morgan fingerprint density at radius 1 is 1.03 bits per heavy atom. The molecule has 1 fully saturated rings. The smallest absolute Gasteiger partial charge is 0.271 e. The number of thioether (sulfide) groups is 2. The molecule has 4 nitrogen and oxygen atoms in total. The molecule has 30 heavy (non-hydrogen) atoms. The van der Waals surface area contributed by atoms with Crippen LogP contribution in [0, 0.1) is 0 Å². The number of benzene rings is 3. The van der Waals surface area contributed by atoms with Crippen LogP contribution in [0.3, 0.4) is 0 Å². The summed E-state index contributed by atoms with van der Waals surface area (Å²) in [6.07, 6.45) is 1.96. The molecule has 0 atom stereocenters. The summed E-state index contributed by atoms with van der Waals surface area (Å²) in [5.74, 6) is 3.62. The number of nitrogens with zero attached hydrogens (tertiary/aromatic N) is 1. The number of ether oxygens (including phenoxy) is 1. The minimum Gasteiger partial charge on any atom is -0.489 e. The molecule has 1 aliphatic heterocycles. The number of amides is 1. The predicted molar refractivity (Wildman–Crippen MR) is 126 cm³/mol. The standard InChI is InChI=1S/C24H22N2O2S2/c27-24(20-10-6-19(7-11-20)15-30-23-4-2-1-3-5-23)26-25-14-18-8-12-21(13-9-18)28-22-16-29-17-22/h1-14,22H,15-17H2,(H,26,27)/b25-14+. The Kier molecular flexibility index (Phi) is 7.11. The summed E-state index contributed by atoms with van der Waals surface area (Å²) in [6.45, 7) is 0. The lowest BCUT2D eigenvalue weighted by Crippen LogP contribution is -2.30. The van der Waals surface area contributed by atoms with Crippen molar-refractivity contribution in [2.45, 2.75) is 16.8 Å². The fourth-order valence-corrected chi connectivity index (χ4v) is 4.21. The van der Waals surface area contributed by atoms with Crippen LogP contribution in [0.4, 0.5) is 0 Å². The molecule has 1 aliphatic rings. The normalized spacial score (nSPS) is 13.7. The summed E-state index contributed by atoms with van der Waals surface area (Å²) in [7, 11) is 0. The SMILES string of the molecule is O=C(N/N=C/c1ccc(OC2CSC2)cc1)c1ccc(CSc2ccccc2)cc1. The third kappa shape index (κ3) is 5.90. The second kappa shape index (κ2) is 10.4. The van der Waals surface area contributed by atoms with Gasteiger partial charge in [-0.15, -0.1) is 11.8 Å². The first-order valence-electron chi connectivity index (χ1n) is 9.71. The summed E-state index contributed by atoms with van der Waals surface area (Å²) in [5.41, 5.74) is 5.24. The van der Waals surface area contributed by atoms with E-state index in [1.807, 2.05) is 78.5 Å². The summed E-state index contributed by atoms with van der Waals surface area (Å²) >= 11 is 3.67. The molecule has 0 spiro atoms. The van der Waals surface area contributed by atoms with Gasteiger partial charge in [0.2, 0.25) is 0 Å². The van der Waals surface area contributed by atoms with E-state index < -0.39 is 0 Å². The lowest BCUT2D eigenvalue weighted by molar-refractivity contribution is 0.0955. The zero-order chi connectivity index (χ0) is 20.6. The number of carbonyl (C=O) groups excluding carboxylic acids is 1. The first-order chi connectivity index (χ1) is 14.8. The van der Waals surface area contributed by atoms with Gasteiger partial charge in [-0.25, -0.2) is 5.43 Å². The van der Waals surface area contributed by atoms with Gasteiger partial charge in [0.25, 0.3) is 5.91 Å². The molecule has 1 N–H and O–H groups in total. The van der Waals surface area contributed by atoms with Crippen LogP contribution in [-0.4, -0.2) is 29.7 Å². The molecule has 6 heteroatoms. The molecule has 1 amide bonds. The molecule has 0 radical (unpaired) electrons. The fraction of sp³-hybridized carbons (Fsp3) is 0.167. The van der Waals surface area contributed by atoms with E-state index in [2.05, 4.69) is 22.7 Å². The maximum Gasteiger partial charge on any atom is 0.271 e. The van der Waals surface area contributed by atoms with Crippen molar-refractivity contribution >= 4 is 35.6 Å². The Bertz CT molecular complexity index is 986. The molecular formula is C24H22N2O2S2. The van der Waals surface area contributed by atoms with E-state index in [0.717, 1.165) is 28.6 Å². The van der Waals surface area contributed by atoms with E-state index in [1.165, 1.54) is 10.5 Å². The minimum atomic E-state index is -0.226. The highest BCUT2D eigenvalue weighted by atomic mass is 32.2. The van der Waals surface area contributed by atoms with Gasteiger partial charge in [-0.3, -0.25) is 4.79 Å². The van der Waals surface area contributed by atoms with E-state index >= 15 is 0 Å². The van der Waals surface area contributed by atoms with Crippen molar-refractivity contribution in [3.05, 3.63) is 95.6 Å². The van der Waals surface area contributed by atoms with Crippen molar-refractivity contribution in [2.75, 3.05) is 11.5 Å². The number of carbonyl (C=O) groups is 1. The third-order valence-electron chi connectivity index (χ3n) is 4.53. The van der Waals surface area contributed by atoms with Crippen molar-refractivity contribution in [1.82, 2.24) is 5.43 Å². The van der Waals surface area contributed by atoms with Crippen molar-refractivity contribution in [2.24, 2.45) is 5.10 Å². The van der Waals surface area contributed by atoms with Crippen LogP contribution in [0.5, 0.6) is 5.75 Å². The molecule has 1 saturated heterocycles. The van der Waals surface area contributed by atoms with Gasteiger partial charge in [0, 0.05) is 27.7 Å². The van der Waals surface area contributed by atoms with E-state index in [0.29, 0.717) is 11.7 Å². The maximum absolute atomic E-state index is 12.3. The van der Waals surface area contributed by atoms with Gasteiger partial charge < -0.3 is 4.74 Å². The molecule has 3 aromatic carbocycles. The van der Waals surface area contributed by atoms with Gasteiger partial charge in [0.05, 0.1) is 6.21 Å². The van der Waals surface area contributed by atoms with Crippen LogP contribution < -0.4 is 10.2 Å². The Morgan fingerprint density at radius 3 is 2.43 bits per heavy atom. The Morgan fingerprint density at radius 2 is 1.77 bits per heavy atom. The molecule has 0 aromatic heterocycles. The van der Waals surface area contributed by atoms with E-state index in [1.54, 1.807) is 18.0 Å². The van der Waals surface area contributed by atoms with E-state index in [4.69, 9.17) is 4.74 Å². The number of hydrogen-bond donors (Lipinski definition) is 1. The van der Waals surface area contributed by atoms with Crippen LogP contribution in [0.1, 0.15) is 21.5 Å². The average Bonchev–Trinajstić information content (AvgIpc) is 2.77. The fourth-order valence-electron chi connectivity index (χ4n) is 2.77. The highest BCUT2D eigenvalue weighted by Crippen LogP contribution is 2.24. The molecule has 4 rings (SSSR count). The van der Waals surface area contributed by atoms with Crippen LogP contribution >= 0.6 is 23.5 Å². The maximum atomic E-state index is 12.3. The monoisotopic (exact) mass is 434 g/mol. The third-order valence-corrected chi connectivity index (χ3v) is 6.83. The largest absolute Gasteiger partial charge is 0.489 e. The molecule has 0 unspecified atom stereocenters. The predicted octanol–water partition coefficient (Wildman–Crippen LogP) is 5.24. The van der Waals surface area contributed by atoms with Crippen LogP contribution in [-0.2, 0) is 5.75 Å². The van der Waals surface area contributed by atoms with E-state index in [9.17, 15) is 4.79 Å². The Labute approximate surface area is 185 Å². The summed E-state index contributed by atoms with van der Waals surface area (Å²) in [4.78, 5) is 13.5. The first kappa shape index (κ1) is 20.6. The topological polar surface area (TPSA) is 50.7 Å². The molecule has 0 bridgehead atoms. The van der Waals surface area contributed by atoms with Crippen LogP contribution in [0.25, 0.3) is 0 Å². The van der Waals surface area contributed by atoms with Gasteiger partial charge in [-0.05, 0) is 59.7 Å². The summed E-state index contributed by atoms with van der Waals surface area (Å²) < 4.78 is 5.82. The number of nitrogens with one attached hydrogen (secondary N) is 1. The molecule has 0 saturated carbocycles. The summed E-state index contributed by atoms with van der Waals surface area (Å²) in [6, 6.07) is 25.6. The molecule has 0 aliphatic carbocycles. The van der Waals surface area contributed by atoms with Crippen LogP contribution in [0.15, 0.2) is 88.9 Å². The molecule has 1 heterocycles. The molecule has 152 valence electrons. The van der Waals surface area contributed by atoms with Crippen LogP contribution in [0.2, 0.25) is 0 Å². The van der Waals surface area contributed by atoms with Gasteiger partial charge in [-0.2, -0.15) is 16.9 Å². The van der Waals surface area contributed by atoms with Crippen molar-refractivity contribution in [3.8, 4) is 5.75 Å². The van der Waals surface area contributed by atoms with Gasteiger partial charge in [-0.1, -0.05) is 30.3 Å². The minimum absolute atomic E-state index is 0.226.